The van der Waals surface area contributed by atoms with E-state index in [2.05, 4.69) is 32.9 Å². The molecule has 0 aromatic heterocycles. The zero-order valence-corrected chi connectivity index (χ0v) is 21.7. The molecule has 35 heavy (non-hydrogen) atoms. The summed E-state index contributed by atoms with van der Waals surface area (Å²) in [6, 6.07) is 10.8. The number of phenols is 4. The maximum Gasteiger partial charge on any atom is 0.202 e. The number of rotatable bonds is 6. The summed E-state index contributed by atoms with van der Waals surface area (Å²) in [5.41, 5.74) is 5.62. The zero-order chi connectivity index (χ0) is 26.2. The van der Waals surface area contributed by atoms with Gasteiger partial charge in [0.15, 0.2) is 23.0 Å². The van der Waals surface area contributed by atoms with Gasteiger partial charge in [0.2, 0.25) is 11.5 Å². The number of aromatic hydroxyl groups is 4. The molecular formula is C29H36O6. The lowest BCUT2D eigenvalue weighted by molar-refractivity contribution is 0.344. The van der Waals surface area contributed by atoms with Crippen LogP contribution in [0.15, 0.2) is 36.4 Å². The van der Waals surface area contributed by atoms with Crippen LogP contribution in [0.25, 0.3) is 0 Å². The number of benzene rings is 3. The normalized spacial score (nSPS) is 13.4. The van der Waals surface area contributed by atoms with Gasteiger partial charge in [-0.2, -0.15) is 0 Å². The Hall–Kier alpha value is -3.54. The van der Waals surface area contributed by atoms with Gasteiger partial charge in [-0.1, -0.05) is 52.3 Å². The molecule has 0 amide bonds. The second-order valence-corrected chi connectivity index (χ2v) is 10.2. The van der Waals surface area contributed by atoms with E-state index in [0.717, 1.165) is 33.4 Å². The van der Waals surface area contributed by atoms with Crippen LogP contribution in [0.4, 0.5) is 0 Å². The van der Waals surface area contributed by atoms with Crippen LogP contribution in [0.3, 0.4) is 0 Å². The van der Waals surface area contributed by atoms with E-state index in [-0.39, 0.29) is 51.7 Å². The minimum Gasteiger partial charge on any atom is -0.504 e. The Bertz CT molecular complexity index is 1110. The molecule has 0 saturated carbocycles. The predicted molar refractivity (Wildman–Crippen MR) is 138 cm³/mol. The van der Waals surface area contributed by atoms with Crippen molar-refractivity contribution in [1.29, 1.82) is 0 Å². The first-order valence-corrected chi connectivity index (χ1v) is 11.6. The Morgan fingerprint density at radius 2 is 0.943 bits per heavy atom. The molecule has 4 N–H and O–H groups in total. The van der Waals surface area contributed by atoms with E-state index in [1.54, 1.807) is 24.3 Å². The van der Waals surface area contributed by atoms with Crippen molar-refractivity contribution in [2.75, 3.05) is 14.2 Å². The average molecular weight is 481 g/mol. The average Bonchev–Trinajstić information content (AvgIpc) is 2.76. The van der Waals surface area contributed by atoms with Gasteiger partial charge in [0, 0.05) is 11.8 Å². The van der Waals surface area contributed by atoms with Gasteiger partial charge >= 0.3 is 0 Å². The molecule has 0 unspecified atom stereocenters. The summed E-state index contributed by atoms with van der Waals surface area (Å²) in [4.78, 5) is 0. The SMILES string of the molecule is COc1c(O)cc([C@@H](C)c2cc(C)cc([C@H](C)c3cc(O)c(OC)c(O)c3)c2C(C)(C)C)cc1O. The monoisotopic (exact) mass is 480 g/mol. The van der Waals surface area contributed by atoms with Crippen molar-refractivity contribution in [2.24, 2.45) is 0 Å². The molecule has 0 bridgehead atoms. The van der Waals surface area contributed by atoms with Gasteiger partial charge in [0.05, 0.1) is 14.2 Å². The Morgan fingerprint density at radius 1 is 0.629 bits per heavy atom. The van der Waals surface area contributed by atoms with Crippen LogP contribution in [0, 0.1) is 6.92 Å². The van der Waals surface area contributed by atoms with E-state index in [0.29, 0.717) is 0 Å². The van der Waals surface area contributed by atoms with Gasteiger partial charge in [0.1, 0.15) is 0 Å². The lowest BCUT2D eigenvalue weighted by Crippen LogP contribution is -2.20. The summed E-state index contributed by atoms with van der Waals surface area (Å²) in [6.07, 6.45) is 0. The van der Waals surface area contributed by atoms with Crippen molar-refractivity contribution in [3.05, 3.63) is 69.8 Å². The summed E-state index contributed by atoms with van der Waals surface area (Å²) in [6.45, 7) is 12.6. The molecule has 0 spiro atoms. The quantitative estimate of drug-likeness (QED) is 0.324. The second-order valence-electron chi connectivity index (χ2n) is 10.2. The highest BCUT2D eigenvalue weighted by molar-refractivity contribution is 5.58. The molecule has 3 aromatic rings. The molecule has 0 radical (unpaired) electrons. The molecule has 3 rings (SSSR count). The highest BCUT2D eigenvalue weighted by Crippen LogP contribution is 2.46. The Balaban J connectivity index is 2.24. The third-order valence-corrected chi connectivity index (χ3v) is 6.58. The second kappa shape index (κ2) is 9.61. The van der Waals surface area contributed by atoms with Gasteiger partial charge in [-0.15, -0.1) is 0 Å². The number of methoxy groups -OCH3 is 2. The molecule has 0 heterocycles. The zero-order valence-electron chi connectivity index (χ0n) is 21.7. The summed E-state index contributed by atoms with van der Waals surface area (Å²) >= 11 is 0. The summed E-state index contributed by atoms with van der Waals surface area (Å²) in [5, 5.41) is 41.6. The standard InChI is InChI=1S/C29H36O6/c1-15-9-20(16(2)18-11-22(30)27(34-7)23(31)12-18)26(29(4,5)6)21(10-15)17(3)19-13-24(32)28(35-8)25(33)14-19/h9-14,16-17,30-33H,1-8H3/t16-,17-/m1/s1. The van der Waals surface area contributed by atoms with E-state index in [4.69, 9.17) is 9.47 Å². The fraction of sp³-hybridized carbons (Fsp3) is 0.379. The largest absolute Gasteiger partial charge is 0.504 e. The van der Waals surface area contributed by atoms with Crippen molar-refractivity contribution >= 4 is 0 Å². The van der Waals surface area contributed by atoms with E-state index >= 15 is 0 Å². The van der Waals surface area contributed by atoms with E-state index in [1.807, 2.05) is 20.8 Å². The number of hydrogen-bond acceptors (Lipinski definition) is 6. The molecule has 0 fully saturated rings. The molecule has 0 aliphatic carbocycles. The highest BCUT2D eigenvalue weighted by Gasteiger charge is 2.29. The summed E-state index contributed by atoms with van der Waals surface area (Å²) in [7, 11) is 2.80. The molecule has 6 heteroatoms. The fourth-order valence-corrected chi connectivity index (χ4v) is 4.91. The number of hydrogen-bond donors (Lipinski definition) is 4. The van der Waals surface area contributed by atoms with Crippen LogP contribution in [0.2, 0.25) is 0 Å². The number of phenolic OH excluding ortho intramolecular Hbond substituents is 4. The third kappa shape index (κ3) is 4.97. The maximum atomic E-state index is 10.4. The van der Waals surface area contributed by atoms with Gasteiger partial charge in [-0.05, 0) is 64.4 Å². The first-order chi connectivity index (χ1) is 16.3. The van der Waals surface area contributed by atoms with Crippen molar-refractivity contribution in [3.8, 4) is 34.5 Å². The minimum atomic E-state index is -0.242. The van der Waals surface area contributed by atoms with Gasteiger partial charge < -0.3 is 29.9 Å². The molecule has 2 atom stereocenters. The van der Waals surface area contributed by atoms with Crippen LogP contribution in [0.1, 0.15) is 79.8 Å². The van der Waals surface area contributed by atoms with Crippen LogP contribution in [-0.2, 0) is 5.41 Å². The first kappa shape index (κ1) is 26.1. The predicted octanol–water partition coefficient (Wildman–Crippen LogP) is 6.44. The molecule has 0 aliphatic rings. The lowest BCUT2D eigenvalue weighted by Gasteiger charge is -2.32. The summed E-state index contributed by atoms with van der Waals surface area (Å²) < 4.78 is 10.2. The van der Waals surface area contributed by atoms with Gasteiger partial charge in [-0.3, -0.25) is 0 Å². The van der Waals surface area contributed by atoms with Crippen molar-refractivity contribution in [3.63, 3.8) is 0 Å². The maximum absolute atomic E-state index is 10.4. The lowest BCUT2D eigenvalue weighted by atomic mass is 9.72. The minimum absolute atomic E-state index is 0.0506. The van der Waals surface area contributed by atoms with Crippen molar-refractivity contribution in [2.45, 2.75) is 58.8 Å². The van der Waals surface area contributed by atoms with Crippen molar-refractivity contribution in [1.82, 2.24) is 0 Å². The van der Waals surface area contributed by atoms with E-state index in [1.165, 1.54) is 14.2 Å². The molecular weight excluding hydrogens is 444 g/mol. The Labute approximate surface area is 207 Å². The Morgan fingerprint density at radius 3 is 1.20 bits per heavy atom. The molecule has 3 aromatic carbocycles. The van der Waals surface area contributed by atoms with Crippen molar-refractivity contribution < 1.29 is 29.9 Å². The topological polar surface area (TPSA) is 99.4 Å². The number of ether oxygens (including phenoxy) is 2. The molecule has 188 valence electrons. The van der Waals surface area contributed by atoms with Gasteiger partial charge in [0.25, 0.3) is 0 Å². The molecule has 0 aliphatic heterocycles. The molecule has 0 saturated heterocycles. The Kier molecular flexibility index (Phi) is 7.16. The number of aryl methyl sites for hydroxylation is 1. The van der Waals surface area contributed by atoms with E-state index in [9.17, 15) is 20.4 Å². The molecule has 6 nitrogen and oxygen atoms in total. The highest BCUT2D eigenvalue weighted by atomic mass is 16.5. The smallest absolute Gasteiger partial charge is 0.202 e. The first-order valence-electron chi connectivity index (χ1n) is 11.6. The van der Waals surface area contributed by atoms with Crippen LogP contribution in [-0.4, -0.2) is 34.6 Å². The van der Waals surface area contributed by atoms with Gasteiger partial charge in [-0.25, -0.2) is 0 Å². The van der Waals surface area contributed by atoms with Crippen LogP contribution >= 0.6 is 0 Å². The third-order valence-electron chi connectivity index (χ3n) is 6.58. The summed E-state index contributed by atoms with van der Waals surface area (Å²) in [5.74, 6) is -0.640. The van der Waals surface area contributed by atoms with Crippen LogP contribution in [0.5, 0.6) is 34.5 Å². The van der Waals surface area contributed by atoms with E-state index < -0.39 is 0 Å². The fourth-order valence-electron chi connectivity index (χ4n) is 4.91. The van der Waals surface area contributed by atoms with Crippen LogP contribution < -0.4 is 9.47 Å².